The van der Waals surface area contributed by atoms with E-state index in [9.17, 15) is 13.2 Å². The maximum absolute atomic E-state index is 12.2. The first-order chi connectivity index (χ1) is 9.51. The average molecular weight is 307 g/mol. The van der Waals surface area contributed by atoms with Gasteiger partial charge < -0.3 is 5.32 Å². The molecule has 116 valence electrons. The molecule has 0 aliphatic rings. The molecule has 0 radical (unpaired) electrons. The second-order valence-electron chi connectivity index (χ2n) is 5.13. The van der Waals surface area contributed by atoms with Crippen LogP contribution in [0.25, 0.3) is 0 Å². The van der Waals surface area contributed by atoms with E-state index in [1.165, 1.54) is 4.88 Å². The van der Waals surface area contributed by atoms with Crippen molar-refractivity contribution >= 4 is 11.3 Å². The molecule has 0 saturated heterocycles. The second-order valence-corrected chi connectivity index (χ2v) is 6.16. The van der Waals surface area contributed by atoms with Crippen molar-refractivity contribution in [2.24, 2.45) is 0 Å². The highest BCUT2D eigenvalue weighted by atomic mass is 32.1. The molecule has 1 rings (SSSR count). The Labute approximate surface area is 123 Å². The molecule has 1 N–H and O–H groups in total. The minimum Gasteiger partial charge on any atom is -0.314 e. The summed E-state index contributed by atoms with van der Waals surface area (Å²) >= 11 is 1.74. The van der Waals surface area contributed by atoms with E-state index in [-0.39, 0.29) is 12.5 Å². The third kappa shape index (κ3) is 8.59. The van der Waals surface area contributed by atoms with E-state index >= 15 is 0 Å². The van der Waals surface area contributed by atoms with E-state index < -0.39 is 12.6 Å². The molecular formula is C15H24F3NS. The Balaban J connectivity index is 2.23. The number of hydrogen-bond donors (Lipinski definition) is 1. The number of rotatable bonds is 10. The van der Waals surface area contributed by atoms with Crippen molar-refractivity contribution < 1.29 is 13.2 Å². The highest BCUT2D eigenvalue weighted by Gasteiger charge is 2.26. The van der Waals surface area contributed by atoms with Gasteiger partial charge in [-0.25, -0.2) is 0 Å². The minimum atomic E-state index is -4.02. The molecular weight excluding hydrogens is 283 g/mol. The Morgan fingerprint density at radius 1 is 1.25 bits per heavy atom. The lowest BCUT2D eigenvalue weighted by atomic mass is 10.0. The van der Waals surface area contributed by atoms with Gasteiger partial charge in [0.15, 0.2) is 0 Å². The molecule has 0 amide bonds. The van der Waals surface area contributed by atoms with E-state index in [4.69, 9.17) is 0 Å². The number of nitrogens with one attached hydrogen (secondary N) is 1. The van der Waals surface area contributed by atoms with Crippen LogP contribution in [-0.4, -0.2) is 18.8 Å². The third-order valence-electron chi connectivity index (χ3n) is 3.25. The van der Waals surface area contributed by atoms with Crippen LogP contribution in [0.3, 0.4) is 0 Å². The van der Waals surface area contributed by atoms with Gasteiger partial charge in [-0.05, 0) is 56.5 Å². The van der Waals surface area contributed by atoms with Crippen LogP contribution in [0.4, 0.5) is 13.2 Å². The van der Waals surface area contributed by atoms with Gasteiger partial charge in [-0.2, -0.15) is 13.2 Å². The molecule has 5 heteroatoms. The van der Waals surface area contributed by atoms with Gasteiger partial charge >= 0.3 is 6.18 Å². The fourth-order valence-corrected chi connectivity index (χ4v) is 2.97. The van der Waals surface area contributed by atoms with Crippen LogP contribution in [-0.2, 0) is 6.42 Å². The molecule has 20 heavy (non-hydrogen) atoms. The van der Waals surface area contributed by atoms with Gasteiger partial charge in [-0.1, -0.05) is 13.0 Å². The number of hydrogen-bond acceptors (Lipinski definition) is 2. The zero-order chi connectivity index (χ0) is 14.8. The Bertz CT molecular complexity index is 335. The Morgan fingerprint density at radius 3 is 2.60 bits per heavy atom. The smallest absolute Gasteiger partial charge is 0.314 e. The van der Waals surface area contributed by atoms with Crippen LogP contribution in [0, 0.1) is 0 Å². The predicted octanol–water partition coefficient (Wildman–Crippen LogP) is 5.17. The maximum Gasteiger partial charge on any atom is 0.389 e. The summed E-state index contributed by atoms with van der Waals surface area (Å²) in [4.78, 5) is 1.36. The van der Waals surface area contributed by atoms with Crippen LogP contribution in [0.5, 0.6) is 0 Å². The fourth-order valence-electron chi connectivity index (χ4n) is 2.22. The van der Waals surface area contributed by atoms with E-state index in [1.807, 2.05) is 6.07 Å². The predicted molar refractivity (Wildman–Crippen MR) is 79.2 cm³/mol. The SMILES string of the molecule is CCCNC(CCCc1cccs1)CCCC(F)(F)F. The van der Waals surface area contributed by atoms with Crippen molar-refractivity contribution in [3.05, 3.63) is 22.4 Å². The second kappa shape index (κ2) is 9.40. The van der Waals surface area contributed by atoms with Crippen LogP contribution in [0.2, 0.25) is 0 Å². The van der Waals surface area contributed by atoms with Crippen molar-refractivity contribution in [2.45, 2.75) is 64.1 Å². The summed E-state index contributed by atoms with van der Waals surface area (Å²) in [6.45, 7) is 2.96. The van der Waals surface area contributed by atoms with E-state index in [0.29, 0.717) is 6.42 Å². The van der Waals surface area contributed by atoms with Gasteiger partial charge in [0.2, 0.25) is 0 Å². The van der Waals surface area contributed by atoms with Crippen molar-refractivity contribution in [1.29, 1.82) is 0 Å². The minimum absolute atomic E-state index is 0.220. The highest BCUT2D eigenvalue weighted by Crippen LogP contribution is 2.23. The summed E-state index contributed by atoms with van der Waals surface area (Å²) in [6.07, 6.45) is 0.188. The Morgan fingerprint density at radius 2 is 2.00 bits per heavy atom. The molecule has 0 saturated carbocycles. The zero-order valence-corrected chi connectivity index (χ0v) is 12.8. The molecule has 1 aromatic rings. The zero-order valence-electron chi connectivity index (χ0n) is 12.0. The van der Waals surface area contributed by atoms with Gasteiger partial charge in [0.05, 0.1) is 0 Å². The maximum atomic E-state index is 12.2. The Kier molecular flexibility index (Phi) is 8.22. The van der Waals surface area contributed by atoms with Gasteiger partial charge in [-0.3, -0.25) is 0 Å². The number of halogens is 3. The van der Waals surface area contributed by atoms with Gasteiger partial charge in [0.25, 0.3) is 0 Å². The Hall–Kier alpha value is -0.550. The molecule has 1 aromatic heterocycles. The molecule has 0 fully saturated rings. The number of aryl methyl sites for hydroxylation is 1. The molecule has 0 aromatic carbocycles. The van der Waals surface area contributed by atoms with Crippen LogP contribution in [0.15, 0.2) is 17.5 Å². The monoisotopic (exact) mass is 307 g/mol. The topological polar surface area (TPSA) is 12.0 Å². The quantitative estimate of drug-likeness (QED) is 0.628. The molecule has 1 unspecified atom stereocenters. The van der Waals surface area contributed by atoms with E-state index in [1.54, 1.807) is 11.3 Å². The molecule has 0 bridgehead atoms. The lowest BCUT2D eigenvalue weighted by molar-refractivity contribution is -0.135. The summed E-state index contributed by atoms with van der Waals surface area (Å²) in [5, 5.41) is 5.43. The summed E-state index contributed by atoms with van der Waals surface area (Å²) in [5.41, 5.74) is 0. The first-order valence-electron chi connectivity index (χ1n) is 7.34. The van der Waals surface area contributed by atoms with Crippen LogP contribution < -0.4 is 5.32 Å². The standard InChI is InChI=1S/C15H24F3NS/c1-2-11-19-13(7-4-10-15(16,17)18)6-3-8-14-9-5-12-20-14/h5,9,12-13,19H,2-4,6-8,10-11H2,1H3. The first kappa shape index (κ1) is 17.5. The van der Waals surface area contributed by atoms with Crippen LogP contribution in [0.1, 0.15) is 50.3 Å². The largest absolute Gasteiger partial charge is 0.389 e. The molecule has 1 atom stereocenters. The lowest BCUT2D eigenvalue weighted by Crippen LogP contribution is -2.30. The molecule has 0 aliphatic carbocycles. The van der Waals surface area contributed by atoms with Gasteiger partial charge in [0, 0.05) is 17.3 Å². The van der Waals surface area contributed by atoms with E-state index in [2.05, 4.69) is 23.7 Å². The normalized spacial score (nSPS) is 13.6. The van der Waals surface area contributed by atoms with Crippen LogP contribution >= 0.6 is 11.3 Å². The number of alkyl halides is 3. The first-order valence-corrected chi connectivity index (χ1v) is 8.21. The third-order valence-corrected chi connectivity index (χ3v) is 4.19. The summed E-state index contributed by atoms with van der Waals surface area (Å²) in [6, 6.07) is 4.37. The van der Waals surface area contributed by atoms with Crippen molar-refractivity contribution in [3.8, 4) is 0 Å². The molecule has 0 aliphatic heterocycles. The fraction of sp³-hybridized carbons (Fsp3) is 0.733. The number of thiophene rings is 1. The summed E-state index contributed by atoms with van der Waals surface area (Å²) in [7, 11) is 0. The summed E-state index contributed by atoms with van der Waals surface area (Å²) in [5.74, 6) is 0. The van der Waals surface area contributed by atoms with Gasteiger partial charge in [-0.15, -0.1) is 11.3 Å². The van der Waals surface area contributed by atoms with Crippen molar-refractivity contribution in [3.63, 3.8) is 0 Å². The van der Waals surface area contributed by atoms with Crippen molar-refractivity contribution in [2.75, 3.05) is 6.54 Å². The van der Waals surface area contributed by atoms with Gasteiger partial charge in [0.1, 0.15) is 0 Å². The van der Waals surface area contributed by atoms with Crippen molar-refractivity contribution in [1.82, 2.24) is 5.32 Å². The average Bonchev–Trinajstić information content (AvgIpc) is 2.87. The van der Waals surface area contributed by atoms with E-state index in [0.717, 1.165) is 32.2 Å². The highest BCUT2D eigenvalue weighted by molar-refractivity contribution is 7.09. The molecule has 0 spiro atoms. The molecule has 1 nitrogen and oxygen atoms in total. The molecule has 1 heterocycles. The summed E-state index contributed by atoms with van der Waals surface area (Å²) < 4.78 is 36.5. The lowest BCUT2D eigenvalue weighted by Gasteiger charge is -2.18.